The van der Waals surface area contributed by atoms with Crippen molar-refractivity contribution < 1.29 is 0 Å². The van der Waals surface area contributed by atoms with Gasteiger partial charge in [-0.05, 0) is 25.7 Å². The smallest absolute Gasteiger partial charge is 0.0953 e. The average molecular weight is 249 g/mol. The minimum Gasteiger partial charge on any atom is -0.328 e. The summed E-state index contributed by atoms with van der Waals surface area (Å²) >= 11 is 0. The third-order valence-corrected chi connectivity index (χ3v) is 4.90. The minimum absolute atomic E-state index is 0.0106. The molecule has 1 unspecified atom stereocenters. The van der Waals surface area contributed by atoms with Gasteiger partial charge in [0.25, 0.3) is 0 Å². The van der Waals surface area contributed by atoms with Crippen LogP contribution in [0.3, 0.4) is 0 Å². The molecule has 102 valence electrons. The minimum atomic E-state index is -0.0106. The number of aromatic nitrogens is 2. The standard InChI is InChI=1S/C15H27N3/c1-12(2)15(3,10-16)18-11-17-9-14(18)13-7-5-4-6-8-13/h9,11-13H,4-8,10,16H2,1-3H3. The van der Waals surface area contributed by atoms with Crippen molar-refractivity contribution in [1.29, 1.82) is 0 Å². The number of nitrogens with two attached hydrogens (primary N) is 1. The Balaban J connectivity index is 2.31. The zero-order chi connectivity index (χ0) is 13.2. The molecule has 0 aromatic carbocycles. The van der Waals surface area contributed by atoms with Crippen LogP contribution in [0.25, 0.3) is 0 Å². The molecule has 0 amide bonds. The molecule has 0 spiro atoms. The van der Waals surface area contributed by atoms with E-state index in [4.69, 9.17) is 5.73 Å². The summed E-state index contributed by atoms with van der Waals surface area (Å²) in [5, 5.41) is 0. The van der Waals surface area contributed by atoms with E-state index in [1.807, 2.05) is 6.33 Å². The highest BCUT2D eigenvalue weighted by atomic mass is 15.1. The van der Waals surface area contributed by atoms with Gasteiger partial charge in [-0.2, -0.15) is 0 Å². The second-order valence-electron chi connectivity index (χ2n) is 6.24. The van der Waals surface area contributed by atoms with Crippen LogP contribution in [0, 0.1) is 5.92 Å². The molecule has 18 heavy (non-hydrogen) atoms. The van der Waals surface area contributed by atoms with Gasteiger partial charge in [-0.15, -0.1) is 0 Å². The van der Waals surface area contributed by atoms with Gasteiger partial charge < -0.3 is 10.3 Å². The fourth-order valence-corrected chi connectivity index (χ4v) is 3.04. The van der Waals surface area contributed by atoms with Crippen molar-refractivity contribution in [2.24, 2.45) is 11.7 Å². The molecule has 1 aliphatic carbocycles. The molecule has 2 rings (SSSR count). The van der Waals surface area contributed by atoms with Crippen LogP contribution in [0.4, 0.5) is 0 Å². The zero-order valence-corrected chi connectivity index (χ0v) is 12.0. The highest BCUT2D eigenvalue weighted by molar-refractivity contribution is 5.11. The predicted molar refractivity (Wildman–Crippen MR) is 75.6 cm³/mol. The van der Waals surface area contributed by atoms with Crippen LogP contribution in [-0.2, 0) is 5.54 Å². The van der Waals surface area contributed by atoms with Crippen LogP contribution in [0.1, 0.15) is 64.5 Å². The maximum Gasteiger partial charge on any atom is 0.0953 e. The van der Waals surface area contributed by atoms with E-state index in [2.05, 4.69) is 36.5 Å². The SMILES string of the molecule is CC(C)C(C)(CN)n1cncc1C1CCCCC1. The maximum atomic E-state index is 6.05. The van der Waals surface area contributed by atoms with E-state index in [1.165, 1.54) is 37.8 Å². The lowest BCUT2D eigenvalue weighted by Crippen LogP contribution is -2.43. The van der Waals surface area contributed by atoms with Crippen molar-refractivity contribution >= 4 is 0 Å². The highest BCUT2D eigenvalue weighted by Crippen LogP contribution is 2.36. The van der Waals surface area contributed by atoms with Gasteiger partial charge in [0.2, 0.25) is 0 Å². The molecule has 3 heteroatoms. The molecule has 0 aliphatic heterocycles. The number of nitrogens with zero attached hydrogens (tertiary/aromatic N) is 2. The maximum absolute atomic E-state index is 6.05. The predicted octanol–water partition coefficient (Wildman–Crippen LogP) is 3.26. The average Bonchev–Trinajstić information content (AvgIpc) is 2.88. The second-order valence-corrected chi connectivity index (χ2v) is 6.24. The molecule has 0 bridgehead atoms. The van der Waals surface area contributed by atoms with Crippen LogP contribution in [0.5, 0.6) is 0 Å². The molecule has 1 aromatic rings. The van der Waals surface area contributed by atoms with Gasteiger partial charge in [-0.1, -0.05) is 33.1 Å². The van der Waals surface area contributed by atoms with Crippen molar-refractivity contribution in [3.8, 4) is 0 Å². The fraction of sp³-hybridized carbons (Fsp3) is 0.800. The summed E-state index contributed by atoms with van der Waals surface area (Å²) in [6, 6.07) is 0. The third kappa shape index (κ3) is 2.33. The Bertz CT molecular complexity index is 377. The summed E-state index contributed by atoms with van der Waals surface area (Å²) in [6.07, 6.45) is 10.8. The molecule has 1 atom stereocenters. The summed E-state index contributed by atoms with van der Waals surface area (Å²) in [4.78, 5) is 4.40. The molecule has 1 aliphatic rings. The first kappa shape index (κ1) is 13.6. The van der Waals surface area contributed by atoms with Gasteiger partial charge in [-0.25, -0.2) is 4.98 Å². The summed E-state index contributed by atoms with van der Waals surface area (Å²) < 4.78 is 2.35. The number of hydrogen-bond donors (Lipinski definition) is 1. The van der Waals surface area contributed by atoms with Crippen LogP contribution >= 0.6 is 0 Å². The van der Waals surface area contributed by atoms with Gasteiger partial charge in [0.1, 0.15) is 0 Å². The molecule has 2 N–H and O–H groups in total. The Kier molecular flexibility index (Phi) is 4.10. The largest absolute Gasteiger partial charge is 0.328 e. The van der Waals surface area contributed by atoms with Crippen LogP contribution in [-0.4, -0.2) is 16.1 Å². The zero-order valence-electron chi connectivity index (χ0n) is 12.0. The Hall–Kier alpha value is -0.830. The Morgan fingerprint density at radius 3 is 2.61 bits per heavy atom. The van der Waals surface area contributed by atoms with Crippen molar-refractivity contribution in [2.75, 3.05) is 6.54 Å². The number of hydrogen-bond acceptors (Lipinski definition) is 2. The summed E-state index contributed by atoms with van der Waals surface area (Å²) in [7, 11) is 0. The van der Waals surface area contributed by atoms with E-state index in [0.717, 1.165) is 0 Å². The van der Waals surface area contributed by atoms with Crippen LogP contribution in [0.2, 0.25) is 0 Å². The molecule has 0 saturated heterocycles. The number of rotatable bonds is 4. The van der Waals surface area contributed by atoms with E-state index in [1.54, 1.807) is 0 Å². The Morgan fingerprint density at radius 1 is 1.39 bits per heavy atom. The van der Waals surface area contributed by atoms with Gasteiger partial charge in [-0.3, -0.25) is 0 Å². The monoisotopic (exact) mass is 249 g/mol. The van der Waals surface area contributed by atoms with E-state index in [9.17, 15) is 0 Å². The summed E-state index contributed by atoms with van der Waals surface area (Å²) in [6.45, 7) is 7.42. The van der Waals surface area contributed by atoms with E-state index in [0.29, 0.717) is 18.4 Å². The van der Waals surface area contributed by atoms with Crippen molar-refractivity contribution in [1.82, 2.24) is 9.55 Å². The lowest BCUT2D eigenvalue weighted by atomic mass is 9.84. The quantitative estimate of drug-likeness (QED) is 0.890. The highest BCUT2D eigenvalue weighted by Gasteiger charge is 2.32. The fourth-order valence-electron chi connectivity index (χ4n) is 3.04. The third-order valence-electron chi connectivity index (χ3n) is 4.90. The number of imidazole rings is 1. The second kappa shape index (κ2) is 5.43. The van der Waals surface area contributed by atoms with Gasteiger partial charge in [0, 0.05) is 24.4 Å². The van der Waals surface area contributed by atoms with Crippen LogP contribution in [0.15, 0.2) is 12.5 Å². The van der Waals surface area contributed by atoms with Crippen molar-refractivity contribution in [3.05, 3.63) is 18.2 Å². The van der Waals surface area contributed by atoms with Gasteiger partial charge >= 0.3 is 0 Å². The molecule has 1 aromatic heterocycles. The van der Waals surface area contributed by atoms with Crippen molar-refractivity contribution in [3.63, 3.8) is 0 Å². The summed E-state index contributed by atoms with van der Waals surface area (Å²) in [5.74, 6) is 1.20. The van der Waals surface area contributed by atoms with E-state index in [-0.39, 0.29) is 5.54 Å². The summed E-state index contributed by atoms with van der Waals surface area (Å²) in [5.41, 5.74) is 7.44. The first-order valence-electron chi connectivity index (χ1n) is 7.32. The van der Waals surface area contributed by atoms with Crippen LogP contribution < -0.4 is 5.73 Å². The molecule has 0 radical (unpaired) electrons. The Labute approximate surface area is 111 Å². The van der Waals surface area contributed by atoms with Crippen molar-refractivity contribution in [2.45, 2.75) is 64.3 Å². The first-order valence-corrected chi connectivity index (χ1v) is 7.32. The molecule has 1 saturated carbocycles. The van der Waals surface area contributed by atoms with E-state index < -0.39 is 0 Å². The molecular formula is C15H27N3. The normalized spacial score (nSPS) is 21.2. The topological polar surface area (TPSA) is 43.8 Å². The lowest BCUT2D eigenvalue weighted by molar-refractivity contribution is 0.218. The first-order chi connectivity index (χ1) is 8.59. The molecule has 3 nitrogen and oxygen atoms in total. The Morgan fingerprint density at radius 2 is 2.06 bits per heavy atom. The molecular weight excluding hydrogens is 222 g/mol. The van der Waals surface area contributed by atoms with Gasteiger partial charge in [0.05, 0.1) is 11.9 Å². The van der Waals surface area contributed by atoms with Gasteiger partial charge in [0.15, 0.2) is 0 Å². The molecule has 1 fully saturated rings. The molecule has 1 heterocycles. The lowest BCUT2D eigenvalue weighted by Gasteiger charge is -2.37. The van der Waals surface area contributed by atoms with E-state index >= 15 is 0 Å².